The van der Waals surface area contributed by atoms with Crippen molar-refractivity contribution < 1.29 is 18.3 Å². The largest absolute Gasteiger partial charge is 0.478 e. The second kappa shape index (κ2) is 6.15. The minimum absolute atomic E-state index is 0.00130. The van der Waals surface area contributed by atoms with Gasteiger partial charge in [-0.1, -0.05) is 18.6 Å². The van der Waals surface area contributed by atoms with Crippen molar-refractivity contribution >= 4 is 16.0 Å². The number of carboxylic acids is 1. The molecule has 21 heavy (non-hydrogen) atoms. The molecule has 1 fully saturated rings. The number of nitrogens with zero attached hydrogens (tertiary/aromatic N) is 1. The van der Waals surface area contributed by atoms with E-state index in [4.69, 9.17) is 5.11 Å². The van der Waals surface area contributed by atoms with Crippen LogP contribution in [0.3, 0.4) is 0 Å². The zero-order valence-corrected chi connectivity index (χ0v) is 13.1. The van der Waals surface area contributed by atoms with E-state index in [1.165, 1.54) is 12.1 Å². The molecule has 2 atom stereocenters. The van der Waals surface area contributed by atoms with Crippen molar-refractivity contribution in [2.75, 3.05) is 0 Å². The molecule has 1 aliphatic heterocycles. The summed E-state index contributed by atoms with van der Waals surface area (Å²) >= 11 is 0. The van der Waals surface area contributed by atoms with Crippen LogP contribution in [-0.4, -0.2) is 35.9 Å². The van der Waals surface area contributed by atoms with Crippen LogP contribution in [0.4, 0.5) is 0 Å². The maximum atomic E-state index is 12.6. The van der Waals surface area contributed by atoms with Crippen molar-refractivity contribution in [3.05, 3.63) is 35.4 Å². The molecule has 1 aliphatic rings. The van der Waals surface area contributed by atoms with E-state index >= 15 is 0 Å². The van der Waals surface area contributed by atoms with Crippen LogP contribution in [0.25, 0.3) is 0 Å². The van der Waals surface area contributed by atoms with E-state index in [9.17, 15) is 13.2 Å². The van der Waals surface area contributed by atoms with Gasteiger partial charge in [-0.2, -0.15) is 4.31 Å². The Morgan fingerprint density at radius 2 is 1.90 bits per heavy atom. The van der Waals surface area contributed by atoms with Crippen LogP contribution in [0.1, 0.15) is 49.0 Å². The molecule has 2 rings (SSSR count). The lowest BCUT2D eigenvalue weighted by molar-refractivity contribution is 0.0696. The lowest BCUT2D eigenvalue weighted by atomic mass is 10.0. The molecule has 0 amide bonds. The number of rotatable bonds is 4. The van der Waals surface area contributed by atoms with Gasteiger partial charge in [0.1, 0.15) is 0 Å². The lowest BCUT2D eigenvalue weighted by Gasteiger charge is -2.37. The van der Waals surface area contributed by atoms with Gasteiger partial charge >= 0.3 is 5.97 Å². The van der Waals surface area contributed by atoms with Crippen molar-refractivity contribution in [1.82, 2.24) is 4.31 Å². The average Bonchev–Trinajstić information content (AvgIpc) is 2.37. The van der Waals surface area contributed by atoms with Gasteiger partial charge in [0, 0.05) is 12.1 Å². The molecule has 1 saturated heterocycles. The van der Waals surface area contributed by atoms with Gasteiger partial charge in [0.05, 0.1) is 11.3 Å². The van der Waals surface area contributed by atoms with Crippen LogP contribution >= 0.6 is 0 Å². The monoisotopic (exact) mass is 311 g/mol. The lowest BCUT2D eigenvalue weighted by Crippen LogP contribution is -2.47. The van der Waals surface area contributed by atoms with Crippen molar-refractivity contribution in [3.8, 4) is 0 Å². The van der Waals surface area contributed by atoms with Gasteiger partial charge in [-0.25, -0.2) is 13.2 Å². The van der Waals surface area contributed by atoms with Gasteiger partial charge in [0.25, 0.3) is 0 Å². The standard InChI is InChI=1S/C15H21NO4S/c1-11-5-3-6-12(2)16(11)21(19,20)10-13-7-4-8-14(9-13)15(17)18/h4,7-9,11-12H,3,5-6,10H2,1-2H3,(H,17,18). The second-order valence-electron chi connectivity index (χ2n) is 5.72. The maximum absolute atomic E-state index is 12.6. The van der Waals surface area contributed by atoms with Gasteiger partial charge in [0.2, 0.25) is 10.0 Å². The zero-order valence-electron chi connectivity index (χ0n) is 12.3. The Morgan fingerprint density at radius 1 is 1.29 bits per heavy atom. The number of hydrogen-bond acceptors (Lipinski definition) is 3. The molecule has 0 spiro atoms. The number of aromatic carboxylic acids is 1. The van der Waals surface area contributed by atoms with E-state index in [-0.39, 0.29) is 23.4 Å². The van der Waals surface area contributed by atoms with E-state index < -0.39 is 16.0 Å². The fourth-order valence-corrected chi connectivity index (χ4v) is 5.08. The molecule has 0 saturated carbocycles. The summed E-state index contributed by atoms with van der Waals surface area (Å²) in [5, 5.41) is 8.98. The summed E-state index contributed by atoms with van der Waals surface area (Å²) in [4.78, 5) is 11.0. The molecule has 1 N–H and O–H groups in total. The number of carbonyl (C=O) groups is 1. The topological polar surface area (TPSA) is 74.7 Å². The van der Waals surface area contributed by atoms with Gasteiger partial charge in [-0.3, -0.25) is 0 Å². The molecule has 116 valence electrons. The summed E-state index contributed by atoms with van der Waals surface area (Å²) in [5.41, 5.74) is 0.627. The maximum Gasteiger partial charge on any atom is 0.335 e. The van der Waals surface area contributed by atoms with Crippen molar-refractivity contribution in [2.24, 2.45) is 0 Å². The molecule has 0 aromatic heterocycles. The Balaban J connectivity index is 2.24. The highest BCUT2D eigenvalue weighted by molar-refractivity contribution is 7.88. The minimum Gasteiger partial charge on any atom is -0.478 e. The SMILES string of the molecule is CC1CCCC(C)N1S(=O)(=O)Cc1cccc(C(=O)O)c1. The summed E-state index contributed by atoms with van der Waals surface area (Å²) in [6, 6.07) is 6.13. The normalized spacial score (nSPS) is 23.9. The highest BCUT2D eigenvalue weighted by Gasteiger charge is 2.34. The molecule has 0 bridgehead atoms. The first-order valence-electron chi connectivity index (χ1n) is 7.14. The summed E-state index contributed by atoms with van der Waals surface area (Å²) in [6.45, 7) is 3.86. The first-order valence-corrected chi connectivity index (χ1v) is 8.75. The first-order chi connectivity index (χ1) is 9.81. The number of piperidine rings is 1. The fourth-order valence-electron chi connectivity index (χ4n) is 3.03. The molecular formula is C15H21NO4S. The molecule has 0 aliphatic carbocycles. The van der Waals surface area contributed by atoms with Crippen molar-refractivity contribution in [2.45, 2.75) is 50.9 Å². The Labute approximate surface area is 125 Å². The van der Waals surface area contributed by atoms with Crippen LogP contribution in [0.15, 0.2) is 24.3 Å². The van der Waals surface area contributed by atoms with Crippen LogP contribution in [0.5, 0.6) is 0 Å². The Morgan fingerprint density at radius 3 is 2.48 bits per heavy atom. The van der Waals surface area contributed by atoms with E-state index in [1.807, 2.05) is 13.8 Å². The number of hydrogen-bond donors (Lipinski definition) is 1. The molecule has 1 heterocycles. The van der Waals surface area contributed by atoms with Crippen molar-refractivity contribution in [3.63, 3.8) is 0 Å². The third-order valence-electron chi connectivity index (χ3n) is 3.96. The third-order valence-corrected chi connectivity index (χ3v) is 6.02. The third kappa shape index (κ3) is 3.63. The van der Waals surface area contributed by atoms with Gasteiger partial charge in [0.15, 0.2) is 0 Å². The van der Waals surface area contributed by atoms with Crippen LogP contribution in [0, 0.1) is 0 Å². The Kier molecular flexibility index (Phi) is 4.68. The molecule has 0 radical (unpaired) electrons. The van der Waals surface area contributed by atoms with E-state index in [0.717, 1.165) is 19.3 Å². The van der Waals surface area contributed by atoms with Crippen LogP contribution in [0.2, 0.25) is 0 Å². The summed E-state index contributed by atoms with van der Waals surface area (Å²) in [7, 11) is -3.44. The smallest absolute Gasteiger partial charge is 0.335 e. The van der Waals surface area contributed by atoms with E-state index in [1.54, 1.807) is 16.4 Å². The highest BCUT2D eigenvalue weighted by Crippen LogP contribution is 2.27. The Bertz CT molecular complexity index is 616. The summed E-state index contributed by atoms with van der Waals surface area (Å²) < 4.78 is 26.9. The van der Waals surface area contributed by atoms with Gasteiger partial charge in [-0.05, 0) is 44.4 Å². The molecule has 1 aromatic carbocycles. The van der Waals surface area contributed by atoms with Crippen molar-refractivity contribution in [1.29, 1.82) is 0 Å². The second-order valence-corrected chi connectivity index (χ2v) is 7.59. The van der Waals surface area contributed by atoms with Gasteiger partial charge in [-0.15, -0.1) is 0 Å². The number of benzene rings is 1. The summed E-state index contributed by atoms with van der Waals surface area (Å²) in [6.07, 6.45) is 2.79. The van der Waals surface area contributed by atoms with E-state index in [2.05, 4.69) is 0 Å². The average molecular weight is 311 g/mol. The van der Waals surface area contributed by atoms with Gasteiger partial charge < -0.3 is 5.11 Å². The highest BCUT2D eigenvalue weighted by atomic mass is 32.2. The molecule has 6 heteroatoms. The predicted octanol–water partition coefficient (Wildman–Crippen LogP) is 2.48. The molecular weight excluding hydrogens is 290 g/mol. The zero-order chi connectivity index (χ0) is 15.6. The predicted molar refractivity (Wildman–Crippen MR) is 80.6 cm³/mol. The number of carboxylic acid groups (broad SMARTS) is 1. The first kappa shape index (κ1) is 16.0. The summed E-state index contributed by atoms with van der Waals surface area (Å²) in [5.74, 6) is -1.20. The number of sulfonamides is 1. The minimum atomic E-state index is -3.44. The Hall–Kier alpha value is -1.40. The quantitative estimate of drug-likeness (QED) is 0.927. The molecule has 1 aromatic rings. The molecule has 5 nitrogen and oxygen atoms in total. The molecule has 2 unspecified atom stereocenters. The van der Waals surface area contributed by atoms with E-state index in [0.29, 0.717) is 5.56 Å². The van der Waals surface area contributed by atoms with Crippen LogP contribution < -0.4 is 0 Å². The van der Waals surface area contributed by atoms with Crippen LogP contribution in [-0.2, 0) is 15.8 Å². The fraction of sp³-hybridized carbons (Fsp3) is 0.533.